The highest BCUT2D eigenvalue weighted by molar-refractivity contribution is 6.36. The summed E-state index contributed by atoms with van der Waals surface area (Å²) in [6.07, 6.45) is 3.62. The first-order valence-electron chi connectivity index (χ1n) is 5.53. The summed E-state index contributed by atoms with van der Waals surface area (Å²) in [5, 5.41) is -4.30. The molecule has 0 aliphatic heterocycles. The number of alkyl halides is 3. The minimum absolute atomic E-state index is 0.136. The van der Waals surface area contributed by atoms with Crippen molar-refractivity contribution in [2.24, 2.45) is 0 Å². The standard InChI is InChI=1S/C14H11Cl2FO2/c1-19-14(16)8-7-11(9-13(14,15)17)12(18)10-5-3-2-4-6-10/h2-9H,1H3. The highest BCUT2D eigenvalue weighted by atomic mass is 35.5. The van der Waals surface area contributed by atoms with Crippen LogP contribution in [0.15, 0.2) is 54.1 Å². The van der Waals surface area contributed by atoms with Crippen LogP contribution >= 0.6 is 23.2 Å². The average Bonchev–Trinajstić information content (AvgIpc) is 2.42. The molecule has 0 aromatic heterocycles. The van der Waals surface area contributed by atoms with E-state index in [1.807, 2.05) is 0 Å². The lowest BCUT2D eigenvalue weighted by Crippen LogP contribution is -2.43. The van der Waals surface area contributed by atoms with Crippen LogP contribution in [0.3, 0.4) is 0 Å². The molecule has 0 heterocycles. The second kappa shape index (κ2) is 5.08. The molecule has 0 saturated carbocycles. The van der Waals surface area contributed by atoms with E-state index in [0.29, 0.717) is 5.56 Å². The Morgan fingerprint density at radius 2 is 1.89 bits per heavy atom. The zero-order valence-electron chi connectivity index (χ0n) is 10.1. The normalized spacial score (nSPS) is 30.0. The van der Waals surface area contributed by atoms with E-state index in [2.05, 4.69) is 0 Å². The van der Waals surface area contributed by atoms with E-state index < -0.39 is 10.2 Å². The van der Waals surface area contributed by atoms with Gasteiger partial charge in [0.15, 0.2) is 5.78 Å². The highest BCUT2D eigenvalue weighted by Crippen LogP contribution is 2.43. The van der Waals surface area contributed by atoms with E-state index in [1.165, 1.54) is 19.3 Å². The molecule has 0 spiro atoms. The molecule has 100 valence electrons. The van der Waals surface area contributed by atoms with E-state index >= 15 is 0 Å². The fraction of sp³-hybridized carbons (Fsp3) is 0.214. The summed E-state index contributed by atoms with van der Waals surface area (Å²) in [5.74, 6) is -0.325. The van der Waals surface area contributed by atoms with E-state index in [0.717, 1.165) is 6.08 Å². The van der Waals surface area contributed by atoms with Crippen LogP contribution in [0.4, 0.5) is 4.39 Å². The van der Waals surface area contributed by atoms with Gasteiger partial charge in [-0.3, -0.25) is 4.79 Å². The van der Waals surface area contributed by atoms with Crippen molar-refractivity contribution < 1.29 is 13.9 Å². The Morgan fingerprint density at radius 1 is 1.26 bits per heavy atom. The lowest BCUT2D eigenvalue weighted by Gasteiger charge is -2.33. The third-order valence-electron chi connectivity index (χ3n) is 2.86. The van der Waals surface area contributed by atoms with Gasteiger partial charge in [-0.2, -0.15) is 0 Å². The van der Waals surface area contributed by atoms with Crippen molar-refractivity contribution in [3.8, 4) is 0 Å². The molecular weight excluding hydrogens is 290 g/mol. The third-order valence-corrected chi connectivity index (χ3v) is 3.91. The summed E-state index contributed by atoms with van der Waals surface area (Å²) in [6.45, 7) is 0. The molecule has 1 aliphatic rings. The summed E-state index contributed by atoms with van der Waals surface area (Å²) < 4.78 is 19.1. The Morgan fingerprint density at radius 3 is 2.42 bits per heavy atom. The van der Waals surface area contributed by atoms with Crippen molar-refractivity contribution in [3.05, 3.63) is 59.7 Å². The molecule has 0 bridgehead atoms. The molecule has 0 amide bonds. The van der Waals surface area contributed by atoms with Crippen LogP contribution < -0.4 is 0 Å². The molecule has 2 nitrogen and oxygen atoms in total. The van der Waals surface area contributed by atoms with E-state index in [1.54, 1.807) is 30.3 Å². The zero-order chi connectivity index (χ0) is 14.1. The molecular formula is C14H11Cl2FO2. The summed E-state index contributed by atoms with van der Waals surface area (Å²) in [4.78, 5) is 12.2. The Balaban J connectivity index is 2.35. The van der Waals surface area contributed by atoms with Gasteiger partial charge in [0.25, 0.3) is 0 Å². The van der Waals surface area contributed by atoms with E-state index in [9.17, 15) is 9.18 Å². The fourth-order valence-electron chi connectivity index (χ4n) is 1.75. The number of methoxy groups -OCH3 is 1. The van der Waals surface area contributed by atoms with Crippen molar-refractivity contribution in [2.75, 3.05) is 7.11 Å². The number of hydrogen-bond donors (Lipinski definition) is 0. The first-order chi connectivity index (χ1) is 8.89. The Labute approximate surface area is 120 Å². The molecule has 2 unspecified atom stereocenters. The van der Waals surface area contributed by atoms with Crippen molar-refractivity contribution >= 4 is 29.0 Å². The van der Waals surface area contributed by atoms with Crippen LogP contribution in [0, 0.1) is 0 Å². The Hall–Kier alpha value is -1.16. The zero-order valence-corrected chi connectivity index (χ0v) is 11.6. The molecule has 5 heteroatoms. The SMILES string of the molecule is COC1(Cl)C=CC(C(=O)c2ccccc2)=CC1(F)Cl. The van der Waals surface area contributed by atoms with Gasteiger partial charge < -0.3 is 4.74 Å². The second-order valence-electron chi connectivity index (χ2n) is 4.10. The van der Waals surface area contributed by atoms with Gasteiger partial charge in [-0.05, 0) is 12.2 Å². The molecule has 2 rings (SSSR count). The minimum atomic E-state index is -2.49. The maximum absolute atomic E-state index is 14.3. The van der Waals surface area contributed by atoms with Gasteiger partial charge in [0.1, 0.15) is 0 Å². The van der Waals surface area contributed by atoms with Crippen LogP contribution in [0.5, 0.6) is 0 Å². The van der Waals surface area contributed by atoms with Crippen LogP contribution in [-0.4, -0.2) is 23.1 Å². The van der Waals surface area contributed by atoms with Crippen molar-refractivity contribution in [2.45, 2.75) is 10.2 Å². The number of halogens is 3. The molecule has 19 heavy (non-hydrogen) atoms. The van der Waals surface area contributed by atoms with Gasteiger partial charge in [0.2, 0.25) is 10.2 Å². The summed E-state index contributed by atoms with van der Waals surface area (Å²) >= 11 is 11.6. The van der Waals surface area contributed by atoms with Crippen LogP contribution in [0.1, 0.15) is 10.4 Å². The van der Waals surface area contributed by atoms with E-state index in [4.69, 9.17) is 27.9 Å². The van der Waals surface area contributed by atoms with Crippen molar-refractivity contribution in [1.82, 2.24) is 0 Å². The maximum Gasteiger partial charge on any atom is 0.249 e. The predicted molar refractivity (Wildman–Crippen MR) is 73.3 cm³/mol. The van der Waals surface area contributed by atoms with Crippen molar-refractivity contribution in [3.63, 3.8) is 0 Å². The quantitative estimate of drug-likeness (QED) is 0.626. The number of carbonyl (C=O) groups is 1. The number of carbonyl (C=O) groups excluding carboxylic acids is 1. The molecule has 0 radical (unpaired) electrons. The topological polar surface area (TPSA) is 26.3 Å². The van der Waals surface area contributed by atoms with Gasteiger partial charge in [0.05, 0.1) is 0 Å². The van der Waals surface area contributed by atoms with Gasteiger partial charge in [-0.25, -0.2) is 4.39 Å². The summed E-state index contributed by atoms with van der Waals surface area (Å²) in [6, 6.07) is 8.53. The number of rotatable bonds is 3. The number of allylic oxidation sites excluding steroid dienone is 2. The highest BCUT2D eigenvalue weighted by Gasteiger charge is 2.50. The van der Waals surface area contributed by atoms with Gasteiger partial charge in [-0.15, -0.1) is 0 Å². The lowest BCUT2D eigenvalue weighted by atomic mass is 9.95. The smallest absolute Gasteiger partial charge is 0.249 e. The minimum Gasteiger partial charge on any atom is -0.355 e. The summed E-state index contributed by atoms with van der Waals surface area (Å²) in [5.41, 5.74) is 0.586. The van der Waals surface area contributed by atoms with Crippen LogP contribution in [0.2, 0.25) is 0 Å². The average molecular weight is 301 g/mol. The maximum atomic E-state index is 14.3. The van der Waals surface area contributed by atoms with Crippen LogP contribution in [-0.2, 0) is 4.74 Å². The number of ether oxygens (including phenoxy) is 1. The largest absolute Gasteiger partial charge is 0.355 e. The second-order valence-corrected chi connectivity index (χ2v) is 5.21. The molecule has 1 aromatic rings. The molecule has 1 aromatic carbocycles. The van der Waals surface area contributed by atoms with Gasteiger partial charge in [0, 0.05) is 18.2 Å². The van der Waals surface area contributed by atoms with E-state index in [-0.39, 0.29) is 11.4 Å². The van der Waals surface area contributed by atoms with Crippen molar-refractivity contribution in [1.29, 1.82) is 0 Å². The predicted octanol–water partition coefficient (Wildman–Crippen LogP) is 3.85. The monoisotopic (exact) mass is 300 g/mol. The van der Waals surface area contributed by atoms with Gasteiger partial charge in [-0.1, -0.05) is 59.6 Å². The Bertz CT molecular complexity index is 552. The number of benzene rings is 1. The number of ketones is 1. The van der Waals surface area contributed by atoms with Gasteiger partial charge >= 0.3 is 0 Å². The lowest BCUT2D eigenvalue weighted by molar-refractivity contribution is 0.0302. The number of Topliss-reactive ketones (excluding diaryl/α,β-unsaturated/α-hetero) is 1. The molecule has 0 fully saturated rings. The summed E-state index contributed by atoms with van der Waals surface area (Å²) in [7, 11) is 1.24. The third kappa shape index (κ3) is 2.59. The first-order valence-corrected chi connectivity index (χ1v) is 6.29. The Kier molecular flexibility index (Phi) is 3.81. The number of hydrogen-bond acceptors (Lipinski definition) is 2. The van der Waals surface area contributed by atoms with Crippen LogP contribution in [0.25, 0.3) is 0 Å². The molecule has 0 saturated heterocycles. The molecule has 1 aliphatic carbocycles. The molecule has 2 atom stereocenters. The molecule has 0 N–H and O–H groups in total. The fourth-order valence-corrected chi connectivity index (χ4v) is 2.13. The first kappa shape index (κ1) is 14.3.